The molecule has 0 aliphatic carbocycles. The third-order valence-electron chi connectivity index (χ3n) is 4.47. The number of aromatic hydroxyl groups is 1. The van der Waals surface area contributed by atoms with Crippen LogP contribution in [-0.4, -0.2) is 25.3 Å². The fourth-order valence-corrected chi connectivity index (χ4v) is 2.99. The van der Waals surface area contributed by atoms with Crippen LogP contribution >= 0.6 is 12.2 Å². The molecule has 0 unspecified atom stereocenters. The lowest BCUT2D eigenvalue weighted by Crippen LogP contribution is -2.28. The topological polar surface area (TPSA) is 83.6 Å². The van der Waals surface area contributed by atoms with Crippen molar-refractivity contribution < 1.29 is 9.50 Å². The highest BCUT2D eigenvalue weighted by Gasteiger charge is 2.17. The van der Waals surface area contributed by atoms with Crippen molar-refractivity contribution in [3.05, 3.63) is 76.0 Å². The number of hydrogen-bond acceptors (Lipinski definition) is 4. The number of aromatic nitrogens is 2. The van der Waals surface area contributed by atoms with Crippen molar-refractivity contribution >= 4 is 28.7 Å². The summed E-state index contributed by atoms with van der Waals surface area (Å²) in [5, 5.41) is 16.9. The van der Waals surface area contributed by atoms with Crippen molar-refractivity contribution in [3.63, 3.8) is 0 Å². The molecule has 1 aromatic heterocycles. The summed E-state index contributed by atoms with van der Waals surface area (Å²) in [4.78, 5) is 12.9. The van der Waals surface area contributed by atoms with E-state index in [9.17, 15) is 14.3 Å². The monoisotopic (exact) mass is 413 g/mol. The van der Waals surface area contributed by atoms with Gasteiger partial charge in [0.1, 0.15) is 17.3 Å². The molecule has 29 heavy (non-hydrogen) atoms. The number of phenolic OH excluding ortho intramolecular Hbond substituents is 1. The quantitative estimate of drug-likeness (QED) is 0.348. The van der Waals surface area contributed by atoms with E-state index in [0.717, 1.165) is 11.8 Å². The number of para-hydroxylation sites is 1. The van der Waals surface area contributed by atoms with Crippen molar-refractivity contribution in [1.29, 1.82) is 0 Å². The van der Waals surface area contributed by atoms with Gasteiger partial charge in [-0.1, -0.05) is 18.2 Å². The fraction of sp³-hybridized carbons (Fsp3) is 0.150. The Morgan fingerprint density at radius 1 is 1.21 bits per heavy atom. The normalized spacial score (nSPS) is 11.4. The van der Waals surface area contributed by atoms with Crippen molar-refractivity contribution in [2.24, 2.45) is 12.1 Å². The lowest BCUT2D eigenvalue weighted by atomic mass is 10.1. The minimum atomic E-state index is -0.491. The molecule has 0 saturated carbocycles. The van der Waals surface area contributed by atoms with Crippen LogP contribution < -0.4 is 16.3 Å². The van der Waals surface area contributed by atoms with E-state index >= 15 is 0 Å². The van der Waals surface area contributed by atoms with Gasteiger partial charge < -0.3 is 10.4 Å². The first kappa shape index (κ1) is 20.3. The van der Waals surface area contributed by atoms with Crippen LogP contribution in [0.1, 0.15) is 18.2 Å². The van der Waals surface area contributed by atoms with E-state index in [1.165, 1.54) is 16.8 Å². The van der Waals surface area contributed by atoms with Gasteiger partial charge >= 0.3 is 0 Å². The van der Waals surface area contributed by atoms with Crippen LogP contribution in [0.2, 0.25) is 0 Å². The molecule has 3 rings (SSSR count). The first-order valence-corrected chi connectivity index (χ1v) is 9.14. The van der Waals surface area contributed by atoms with Gasteiger partial charge in [0.2, 0.25) is 0 Å². The zero-order valence-corrected chi connectivity index (χ0v) is 16.9. The molecule has 3 aromatic rings. The number of thiocarbonyl (C=S) groups is 1. The largest absolute Gasteiger partial charge is 0.507 e. The number of nitrogens with one attached hydrogen (secondary N) is 2. The molecule has 0 fully saturated rings. The summed E-state index contributed by atoms with van der Waals surface area (Å²) < 4.78 is 16.7. The Balaban J connectivity index is 1.81. The molecule has 0 amide bonds. The van der Waals surface area contributed by atoms with Gasteiger partial charge in [-0.15, -0.1) is 0 Å². The number of hydrogen-bond donors (Lipinski definition) is 3. The lowest BCUT2D eigenvalue weighted by molar-refractivity contribution is 0.472. The minimum Gasteiger partial charge on any atom is -0.507 e. The highest BCUT2D eigenvalue weighted by molar-refractivity contribution is 7.80. The second kappa shape index (κ2) is 8.27. The van der Waals surface area contributed by atoms with Gasteiger partial charge in [-0.3, -0.25) is 14.9 Å². The van der Waals surface area contributed by atoms with Crippen LogP contribution in [0.4, 0.5) is 10.1 Å². The van der Waals surface area contributed by atoms with E-state index in [4.69, 9.17) is 12.2 Å². The third-order valence-corrected chi connectivity index (χ3v) is 4.66. The smallest absolute Gasteiger partial charge is 0.295 e. The van der Waals surface area contributed by atoms with Crippen molar-refractivity contribution in [1.82, 2.24) is 14.8 Å². The van der Waals surface area contributed by atoms with Gasteiger partial charge in [0.05, 0.1) is 17.1 Å². The van der Waals surface area contributed by atoms with Crippen molar-refractivity contribution in [2.45, 2.75) is 13.8 Å². The Bertz CT molecular complexity index is 1150. The molecule has 0 spiro atoms. The van der Waals surface area contributed by atoms with Crippen LogP contribution in [0.15, 0.2) is 58.4 Å². The average molecular weight is 413 g/mol. The second-order valence-electron chi connectivity index (χ2n) is 6.36. The highest BCUT2D eigenvalue weighted by Crippen LogP contribution is 2.18. The van der Waals surface area contributed by atoms with Gasteiger partial charge in [-0.05, 0) is 56.4 Å². The molecule has 0 atom stereocenters. The van der Waals surface area contributed by atoms with E-state index in [0.29, 0.717) is 17.1 Å². The molecule has 1 heterocycles. The van der Waals surface area contributed by atoms with Gasteiger partial charge in [-0.2, -0.15) is 5.10 Å². The zero-order chi connectivity index (χ0) is 21.1. The Labute approximate surface area is 172 Å². The predicted octanol–water partition coefficient (Wildman–Crippen LogP) is 3.04. The summed E-state index contributed by atoms with van der Waals surface area (Å²) in [6.07, 6.45) is 0. The molecule has 2 aromatic carbocycles. The Kier molecular flexibility index (Phi) is 5.79. The molecule has 0 radical (unpaired) electrons. The van der Waals surface area contributed by atoms with E-state index in [1.54, 1.807) is 25.6 Å². The first-order valence-electron chi connectivity index (χ1n) is 8.73. The molecule has 9 heteroatoms. The number of nitrogens with zero attached hydrogens (tertiary/aromatic N) is 3. The van der Waals surface area contributed by atoms with E-state index in [-0.39, 0.29) is 22.0 Å². The van der Waals surface area contributed by atoms with Gasteiger partial charge in [0.25, 0.3) is 5.56 Å². The summed E-state index contributed by atoms with van der Waals surface area (Å²) >= 11 is 5.23. The van der Waals surface area contributed by atoms with Crippen molar-refractivity contribution in [3.8, 4) is 11.4 Å². The molecular weight excluding hydrogens is 393 g/mol. The molecule has 7 nitrogen and oxygen atoms in total. The average Bonchev–Trinajstić information content (AvgIpc) is 2.92. The summed E-state index contributed by atoms with van der Waals surface area (Å²) in [6.45, 7) is 3.39. The fourth-order valence-electron chi connectivity index (χ4n) is 2.85. The van der Waals surface area contributed by atoms with E-state index in [2.05, 4.69) is 15.8 Å². The number of phenols is 1. The van der Waals surface area contributed by atoms with Crippen molar-refractivity contribution in [2.75, 3.05) is 5.32 Å². The van der Waals surface area contributed by atoms with Crippen LogP contribution in [0.25, 0.3) is 5.69 Å². The number of hydrazone groups is 1. The first-order chi connectivity index (χ1) is 13.8. The number of rotatable bonds is 4. The number of anilines is 1. The van der Waals surface area contributed by atoms with Crippen LogP contribution in [0.5, 0.6) is 5.75 Å². The molecule has 150 valence electrons. The lowest BCUT2D eigenvalue weighted by Gasteiger charge is -2.08. The highest BCUT2D eigenvalue weighted by atomic mass is 32.1. The molecule has 0 saturated heterocycles. The predicted molar refractivity (Wildman–Crippen MR) is 115 cm³/mol. The Morgan fingerprint density at radius 3 is 2.59 bits per heavy atom. The maximum atomic E-state index is 13.4. The molecular formula is C20H20FN5O2S. The number of benzene rings is 2. The summed E-state index contributed by atoms with van der Waals surface area (Å²) in [6, 6.07) is 12.8. The summed E-state index contributed by atoms with van der Waals surface area (Å²) in [5.74, 6) is -0.590. The molecule has 3 N–H and O–H groups in total. The molecule has 0 aliphatic rings. The maximum absolute atomic E-state index is 13.4. The van der Waals surface area contributed by atoms with Crippen LogP contribution in [0, 0.1) is 12.7 Å². The standard InChI is InChI=1S/C20H20FN5O2S/c1-12(16-11-14(21)9-10-17(16)27)23-24-20(29)22-18-13(2)25(3)26(19(18)28)15-7-5-4-6-8-15/h4-11,27H,1-3H3,(H2,22,24,29)/b23-12+. The molecule has 0 bridgehead atoms. The summed E-state index contributed by atoms with van der Waals surface area (Å²) in [7, 11) is 1.78. The minimum absolute atomic E-state index is 0.0891. The SMILES string of the molecule is C/C(=N\NC(=S)Nc1c(C)n(C)n(-c2ccccc2)c1=O)c1cc(F)ccc1O. The maximum Gasteiger partial charge on any atom is 0.295 e. The summed E-state index contributed by atoms with van der Waals surface area (Å²) in [5.41, 5.74) is 4.65. The molecule has 0 aliphatic heterocycles. The Morgan fingerprint density at radius 2 is 1.90 bits per heavy atom. The van der Waals surface area contributed by atoms with Gasteiger partial charge in [0, 0.05) is 12.6 Å². The van der Waals surface area contributed by atoms with Crippen LogP contribution in [-0.2, 0) is 7.05 Å². The van der Waals surface area contributed by atoms with Gasteiger partial charge in [-0.25, -0.2) is 9.07 Å². The van der Waals surface area contributed by atoms with E-state index < -0.39 is 5.82 Å². The Hall–Kier alpha value is -3.46. The van der Waals surface area contributed by atoms with Crippen LogP contribution in [0.3, 0.4) is 0 Å². The van der Waals surface area contributed by atoms with E-state index in [1.807, 2.05) is 30.3 Å². The third kappa shape index (κ3) is 4.19. The van der Waals surface area contributed by atoms with Gasteiger partial charge in [0.15, 0.2) is 5.11 Å². The zero-order valence-electron chi connectivity index (χ0n) is 16.1. The number of halogens is 1. The second-order valence-corrected chi connectivity index (χ2v) is 6.77.